The zero-order valence-electron chi connectivity index (χ0n) is 17.3. The molecule has 158 valence electrons. The fourth-order valence-corrected chi connectivity index (χ4v) is 3.96. The smallest absolute Gasteiger partial charge is 0.255 e. The van der Waals surface area contributed by atoms with E-state index in [-0.39, 0.29) is 30.1 Å². The van der Waals surface area contributed by atoms with Crippen LogP contribution in [0.1, 0.15) is 54.1 Å². The van der Waals surface area contributed by atoms with E-state index < -0.39 is 6.04 Å². The molecule has 2 aromatic carbocycles. The predicted molar refractivity (Wildman–Crippen MR) is 119 cm³/mol. The molecule has 31 heavy (non-hydrogen) atoms. The van der Waals surface area contributed by atoms with Crippen LogP contribution in [0.3, 0.4) is 0 Å². The summed E-state index contributed by atoms with van der Waals surface area (Å²) in [6, 6.07) is 14.5. The van der Waals surface area contributed by atoms with Crippen molar-refractivity contribution in [1.29, 1.82) is 0 Å². The molecule has 0 bridgehead atoms. The van der Waals surface area contributed by atoms with Gasteiger partial charge in [0.2, 0.25) is 5.91 Å². The van der Waals surface area contributed by atoms with Crippen LogP contribution >= 0.6 is 0 Å². The van der Waals surface area contributed by atoms with E-state index in [1.54, 1.807) is 48.5 Å². The Labute approximate surface area is 182 Å². The van der Waals surface area contributed by atoms with Crippen LogP contribution in [0, 0.1) is 12.3 Å². The third kappa shape index (κ3) is 5.44. The van der Waals surface area contributed by atoms with Gasteiger partial charge < -0.3 is 10.2 Å². The number of carbonyl (C=O) groups is 2. The number of nitrogens with one attached hydrogen (secondary N) is 1. The van der Waals surface area contributed by atoms with Crippen LogP contribution < -0.4 is 5.32 Å². The second kappa shape index (κ2) is 10.9. The fourth-order valence-electron chi connectivity index (χ4n) is 3.96. The predicted octanol–water partition coefficient (Wildman–Crippen LogP) is 4.89. The third-order valence-corrected chi connectivity index (χ3v) is 5.44. The molecule has 1 N–H and O–H groups in total. The summed E-state index contributed by atoms with van der Waals surface area (Å²) in [6.45, 7) is -0.0684. The lowest BCUT2D eigenvalue weighted by Crippen LogP contribution is -2.47. The molecule has 2 amide bonds. The summed E-state index contributed by atoms with van der Waals surface area (Å²) >= 11 is 0. The SMILES string of the molecule is C#CCN(C(=O)c1ccccc1)C(C(=O)NC1CCCCC1)c1ccccc1N=[N+]=[N-]. The molecule has 0 aliphatic heterocycles. The van der Waals surface area contributed by atoms with Gasteiger partial charge in [0.15, 0.2) is 0 Å². The Bertz CT molecular complexity index is 1000. The topological polar surface area (TPSA) is 98.2 Å². The van der Waals surface area contributed by atoms with Crippen molar-refractivity contribution in [2.24, 2.45) is 5.11 Å². The summed E-state index contributed by atoms with van der Waals surface area (Å²) in [7, 11) is 0. The van der Waals surface area contributed by atoms with Crippen LogP contribution in [-0.4, -0.2) is 29.3 Å². The van der Waals surface area contributed by atoms with Crippen molar-refractivity contribution < 1.29 is 9.59 Å². The van der Waals surface area contributed by atoms with Crippen molar-refractivity contribution in [2.75, 3.05) is 6.54 Å². The van der Waals surface area contributed by atoms with Crippen LogP contribution in [0.5, 0.6) is 0 Å². The lowest BCUT2D eigenvalue weighted by Gasteiger charge is -2.33. The highest BCUT2D eigenvalue weighted by molar-refractivity contribution is 5.98. The molecule has 3 rings (SSSR count). The maximum Gasteiger partial charge on any atom is 0.255 e. The zero-order valence-corrected chi connectivity index (χ0v) is 17.3. The zero-order chi connectivity index (χ0) is 22.1. The normalized spacial score (nSPS) is 14.5. The number of nitrogens with zero attached hydrogens (tertiary/aromatic N) is 4. The van der Waals surface area contributed by atoms with Crippen LogP contribution in [0.4, 0.5) is 5.69 Å². The van der Waals surface area contributed by atoms with Crippen LogP contribution in [0.15, 0.2) is 59.7 Å². The van der Waals surface area contributed by atoms with Gasteiger partial charge in [-0.3, -0.25) is 9.59 Å². The van der Waals surface area contributed by atoms with Gasteiger partial charge in [-0.15, -0.1) is 6.42 Å². The molecule has 1 saturated carbocycles. The van der Waals surface area contributed by atoms with Gasteiger partial charge in [-0.2, -0.15) is 0 Å². The Balaban J connectivity index is 2.04. The Morgan fingerprint density at radius 3 is 2.48 bits per heavy atom. The molecule has 1 unspecified atom stereocenters. The minimum atomic E-state index is -1.02. The first-order valence-electron chi connectivity index (χ1n) is 10.4. The van der Waals surface area contributed by atoms with Gasteiger partial charge in [-0.1, -0.05) is 72.8 Å². The summed E-state index contributed by atoms with van der Waals surface area (Å²) in [5.41, 5.74) is 10.2. The van der Waals surface area contributed by atoms with Crippen LogP contribution in [0.2, 0.25) is 0 Å². The minimum Gasteiger partial charge on any atom is -0.351 e. The van der Waals surface area contributed by atoms with E-state index in [1.165, 1.54) is 4.90 Å². The fraction of sp³-hybridized carbons (Fsp3) is 0.333. The molecular formula is C24H25N5O2. The largest absolute Gasteiger partial charge is 0.351 e. The maximum absolute atomic E-state index is 13.5. The second-order valence-electron chi connectivity index (χ2n) is 7.50. The van der Waals surface area contributed by atoms with Crippen LogP contribution in [-0.2, 0) is 4.79 Å². The monoisotopic (exact) mass is 415 g/mol. The van der Waals surface area contributed by atoms with Crippen LogP contribution in [0.25, 0.3) is 10.4 Å². The van der Waals surface area contributed by atoms with Gasteiger partial charge in [0.25, 0.3) is 5.91 Å². The molecule has 0 aromatic heterocycles. The first-order chi connectivity index (χ1) is 15.2. The number of azide groups is 1. The van der Waals surface area contributed by atoms with Crippen molar-refractivity contribution >= 4 is 17.5 Å². The highest BCUT2D eigenvalue weighted by Crippen LogP contribution is 2.32. The summed E-state index contributed by atoms with van der Waals surface area (Å²) in [5.74, 6) is 1.81. The molecule has 7 heteroatoms. The molecule has 0 saturated heterocycles. The first kappa shape index (κ1) is 21.9. The lowest BCUT2D eigenvalue weighted by atomic mass is 9.94. The minimum absolute atomic E-state index is 0.0508. The molecule has 2 aromatic rings. The highest BCUT2D eigenvalue weighted by Gasteiger charge is 2.34. The summed E-state index contributed by atoms with van der Waals surface area (Å²) in [6.07, 6.45) is 10.7. The van der Waals surface area contributed by atoms with Crippen molar-refractivity contribution in [3.8, 4) is 12.3 Å². The molecule has 0 heterocycles. The number of rotatable bonds is 7. The van der Waals surface area contributed by atoms with Crippen molar-refractivity contribution in [3.05, 3.63) is 76.2 Å². The first-order valence-corrected chi connectivity index (χ1v) is 10.4. The average Bonchev–Trinajstić information content (AvgIpc) is 2.81. The lowest BCUT2D eigenvalue weighted by molar-refractivity contribution is -0.126. The van der Waals surface area contributed by atoms with E-state index >= 15 is 0 Å². The van der Waals surface area contributed by atoms with Gasteiger partial charge in [-0.25, -0.2) is 0 Å². The highest BCUT2D eigenvalue weighted by atomic mass is 16.2. The number of hydrogen-bond acceptors (Lipinski definition) is 3. The summed E-state index contributed by atoms with van der Waals surface area (Å²) < 4.78 is 0. The number of amides is 2. The van der Waals surface area contributed by atoms with Crippen molar-refractivity contribution in [3.63, 3.8) is 0 Å². The molecule has 1 aliphatic carbocycles. The number of carbonyl (C=O) groups excluding carboxylic acids is 2. The molecule has 0 spiro atoms. The van der Waals surface area contributed by atoms with E-state index in [1.807, 2.05) is 6.07 Å². The van der Waals surface area contributed by atoms with Gasteiger partial charge in [-0.05, 0) is 36.1 Å². The number of terminal acetylenes is 1. The van der Waals surface area contributed by atoms with E-state index in [4.69, 9.17) is 12.0 Å². The standard InChI is InChI=1S/C24H25N5O2/c1-2-17-29(24(31)18-11-5-3-6-12-18)22(20-15-9-10-16-21(20)27-28-25)23(30)26-19-13-7-4-8-14-19/h1,3,5-6,9-12,15-16,19,22H,4,7-8,13-14,17H2,(H,26,30). The summed E-state index contributed by atoms with van der Waals surface area (Å²) in [5, 5.41) is 6.84. The van der Waals surface area contributed by atoms with Gasteiger partial charge in [0, 0.05) is 22.2 Å². The van der Waals surface area contributed by atoms with Gasteiger partial charge in [0.05, 0.1) is 6.54 Å². The second-order valence-corrected chi connectivity index (χ2v) is 7.50. The third-order valence-electron chi connectivity index (χ3n) is 5.44. The average molecular weight is 415 g/mol. The van der Waals surface area contributed by atoms with E-state index in [9.17, 15) is 9.59 Å². The van der Waals surface area contributed by atoms with Crippen molar-refractivity contribution in [2.45, 2.75) is 44.2 Å². The van der Waals surface area contributed by atoms with Gasteiger partial charge >= 0.3 is 0 Å². The molecule has 1 aliphatic rings. The maximum atomic E-state index is 13.5. The Morgan fingerprint density at radius 1 is 1.13 bits per heavy atom. The Kier molecular flexibility index (Phi) is 7.69. The van der Waals surface area contributed by atoms with E-state index in [0.29, 0.717) is 11.1 Å². The molecule has 0 radical (unpaired) electrons. The van der Waals surface area contributed by atoms with E-state index in [2.05, 4.69) is 21.3 Å². The van der Waals surface area contributed by atoms with Crippen molar-refractivity contribution in [1.82, 2.24) is 10.2 Å². The molecule has 7 nitrogen and oxygen atoms in total. The number of benzene rings is 2. The Morgan fingerprint density at radius 2 is 1.81 bits per heavy atom. The summed E-state index contributed by atoms with van der Waals surface area (Å²) in [4.78, 5) is 31.1. The quantitative estimate of drug-likeness (QED) is 0.301. The number of hydrogen-bond donors (Lipinski definition) is 1. The Hall–Kier alpha value is -3.75. The molecule has 1 fully saturated rings. The van der Waals surface area contributed by atoms with Gasteiger partial charge in [0.1, 0.15) is 6.04 Å². The molecule has 1 atom stereocenters. The van der Waals surface area contributed by atoms with E-state index in [0.717, 1.165) is 32.1 Å². The molecular weight excluding hydrogens is 390 g/mol.